The predicted octanol–water partition coefficient (Wildman–Crippen LogP) is 6.51. The lowest BCUT2D eigenvalue weighted by atomic mass is 10.1. The molecule has 0 spiro atoms. The minimum Gasteiger partial charge on any atom is -0.497 e. The van der Waals surface area contributed by atoms with Gasteiger partial charge in [0.1, 0.15) is 37.0 Å². The van der Waals surface area contributed by atoms with Crippen molar-refractivity contribution in [2.45, 2.75) is 102 Å². The van der Waals surface area contributed by atoms with Gasteiger partial charge in [-0.1, -0.05) is 41.5 Å². The van der Waals surface area contributed by atoms with Crippen molar-refractivity contribution in [2.24, 2.45) is 0 Å². The van der Waals surface area contributed by atoms with Gasteiger partial charge >= 0.3 is 12.1 Å². The zero-order valence-electron chi connectivity index (χ0n) is 30.1. The number of nitrogens with one attached hydrogen (secondary N) is 3. The Morgan fingerprint density at radius 2 is 1.50 bits per heavy atom. The molecule has 0 unspecified atom stereocenters. The zero-order valence-corrected chi connectivity index (χ0v) is 32.1. The van der Waals surface area contributed by atoms with E-state index in [9.17, 15) is 9.59 Å². The fourth-order valence-electron chi connectivity index (χ4n) is 4.67. The van der Waals surface area contributed by atoms with Crippen molar-refractivity contribution in [1.29, 1.82) is 0 Å². The van der Waals surface area contributed by atoms with Gasteiger partial charge in [0.25, 0.3) is 0 Å². The first-order valence-electron chi connectivity index (χ1n) is 16.0. The lowest BCUT2D eigenvalue weighted by Gasteiger charge is -2.44. The number of methoxy groups -OCH3 is 1. The largest absolute Gasteiger partial charge is 0.497 e. The molecule has 48 heavy (non-hydrogen) atoms. The molecule has 0 radical (unpaired) electrons. The molecule has 3 heterocycles. The third kappa shape index (κ3) is 8.16. The van der Waals surface area contributed by atoms with Crippen molar-refractivity contribution in [1.82, 2.24) is 24.8 Å². The molecule has 3 N–H and O–H groups in total. The summed E-state index contributed by atoms with van der Waals surface area (Å²) in [5.41, 5.74) is 1.37. The molecule has 3 amide bonds. The second-order valence-electron chi connectivity index (χ2n) is 15.0. The number of urea groups is 1. The molecular weight excluding hydrogens is 651 g/mol. The first-order chi connectivity index (χ1) is 22.3. The van der Waals surface area contributed by atoms with Crippen LogP contribution in [0.2, 0.25) is 36.3 Å². The maximum Gasteiger partial charge on any atom is 0.406 e. The quantitative estimate of drug-likeness (QED) is 0.199. The van der Waals surface area contributed by atoms with E-state index in [1.54, 1.807) is 42.3 Å². The van der Waals surface area contributed by atoms with Crippen molar-refractivity contribution in [3.05, 3.63) is 36.9 Å². The summed E-state index contributed by atoms with van der Waals surface area (Å²) in [7, 11) is -1.72. The summed E-state index contributed by atoms with van der Waals surface area (Å²) in [4.78, 5) is 38.6. The Morgan fingerprint density at radius 3 is 2.06 bits per heavy atom. The molecular formula is C32H51N7O7Si2. The number of fused-ring (bicyclic) bond motifs is 1. The number of rotatable bonds is 10. The second-order valence-corrected chi connectivity index (χ2v) is 24.5. The van der Waals surface area contributed by atoms with E-state index in [0.29, 0.717) is 22.6 Å². The second kappa shape index (κ2) is 14.1. The molecule has 2 aromatic heterocycles. The molecule has 264 valence electrons. The van der Waals surface area contributed by atoms with E-state index >= 15 is 0 Å². The number of hydrogen-bond acceptors (Lipinski definition) is 10. The summed E-state index contributed by atoms with van der Waals surface area (Å²) in [5, 5.41) is 7.84. The number of carbonyl (C=O) groups is 2. The molecule has 14 nitrogen and oxygen atoms in total. The highest BCUT2D eigenvalue weighted by Crippen LogP contribution is 2.46. The first kappa shape index (κ1) is 37.2. The minimum absolute atomic E-state index is 0.0488. The van der Waals surface area contributed by atoms with Crippen LogP contribution in [0.3, 0.4) is 0 Å². The van der Waals surface area contributed by atoms with Gasteiger partial charge in [0.05, 0.1) is 13.4 Å². The Labute approximate surface area is 284 Å². The van der Waals surface area contributed by atoms with Crippen LogP contribution in [0.1, 0.15) is 47.8 Å². The van der Waals surface area contributed by atoms with Crippen molar-refractivity contribution in [3.63, 3.8) is 0 Å². The van der Waals surface area contributed by atoms with Crippen molar-refractivity contribution < 1.29 is 32.7 Å². The Hall–Kier alpha value is -3.58. The van der Waals surface area contributed by atoms with Gasteiger partial charge in [-0.25, -0.2) is 24.5 Å². The molecule has 1 aromatic carbocycles. The maximum atomic E-state index is 12.9. The number of benzene rings is 1. The molecule has 1 saturated heterocycles. The highest BCUT2D eigenvalue weighted by molar-refractivity contribution is 6.74. The maximum absolute atomic E-state index is 12.9. The predicted molar refractivity (Wildman–Crippen MR) is 189 cm³/mol. The number of imidazole rings is 1. The van der Waals surface area contributed by atoms with Gasteiger partial charge < -0.3 is 33.7 Å². The molecule has 1 aliphatic rings. The Kier molecular flexibility index (Phi) is 10.9. The molecule has 1 fully saturated rings. The Balaban J connectivity index is 1.73. The number of hydrogen-bond donors (Lipinski definition) is 3. The molecule has 0 saturated carbocycles. The van der Waals surface area contributed by atoms with E-state index in [-0.39, 0.29) is 22.5 Å². The summed E-state index contributed by atoms with van der Waals surface area (Å²) in [5.74, 6) is 0.895. The van der Waals surface area contributed by atoms with E-state index in [4.69, 9.17) is 23.1 Å². The number of alkyl carbamates (subject to hydrolysis) is 1. The molecule has 4 atom stereocenters. The fraction of sp³-hybridized carbons (Fsp3) is 0.594. The van der Waals surface area contributed by atoms with E-state index in [1.165, 1.54) is 13.4 Å². The van der Waals surface area contributed by atoms with E-state index < -0.39 is 53.3 Å². The van der Waals surface area contributed by atoms with Crippen LogP contribution in [0, 0.1) is 0 Å². The molecule has 3 aromatic rings. The van der Waals surface area contributed by atoms with E-state index in [0.717, 1.165) is 0 Å². The molecule has 0 bridgehead atoms. The van der Waals surface area contributed by atoms with Gasteiger partial charge in [0.15, 0.2) is 39.8 Å². The normalized spacial score (nSPS) is 20.4. The van der Waals surface area contributed by atoms with Crippen LogP contribution in [0.15, 0.2) is 36.9 Å². The lowest BCUT2D eigenvalue weighted by molar-refractivity contribution is -0.0513. The zero-order chi connectivity index (χ0) is 35.7. The van der Waals surface area contributed by atoms with Crippen LogP contribution >= 0.6 is 0 Å². The summed E-state index contributed by atoms with van der Waals surface area (Å²) in [6.45, 7) is 21.7. The van der Waals surface area contributed by atoms with Gasteiger partial charge in [0, 0.05) is 12.7 Å². The van der Waals surface area contributed by atoms with Crippen molar-refractivity contribution >= 4 is 51.4 Å². The number of amides is 3. The van der Waals surface area contributed by atoms with Crippen molar-refractivity contribution in [3.8, 4) is 5.75 Å². The molecule has 16 heteroatoms. The van der Waals surface area contributed by atoms with Crippen molar-refractivity contribution in [2.75, 3.05) is 31.4 Å². The molecule has 0 aliphatic carbocycles. The van der Waals surface area contributed by atoms with Crippen LogP contribution in [0.5, 0.6) is 5.75 Å². The standard InChI is InChI=1S/C32H51N7O7Si2/c1-31(2,3)47(9,10)45-24-22(17-43-30(41)33-7)44-28(25(24)46-48(11,12)32(4,5)6)39-19-36-23-26(34-18-35-27(23)39)38-29(40)37-20-13-15-21(42-8)16-14-20/h13-16,18-19,22,24-25,28H,17H2,1-12H3,(H,33,41)(H2,34,35,37,38,40)/t22-,24-,25-,28-/m1/s1. The van der Waals surface area contributed by atoms with Crippen LogP contribution in [0.25, 0.3) is 11.2 Å². The Morgan fingerprint density at radius 1 is 0.896 bits per heavy atom. The van der Waals surface area contributed by atoms with Gasteiger partial charge in [-0.15, -0.1) is 0 Å². The third-order valence-electron chi connectivity index (χ3n) is 9.55. The average molecular weight is 702 g/mol. The lowest BCUT2D eigenvalue weighted by Crippen LogP contribution is -2.54. The number of nitrogens with zero attached hydrogens (tertiary/aromatic N) is 4. The first-order valence-corrected chi connectivity index (χ1v) is 21.8. The fourth-order valence-corrected chi connectivity index (χ4v) is 7.28. The van der Waals surface area contributed by atoms with Gasteiger partial charge in [-0.2, -0.15) is 0 Å². The van der Waals surface area contributed by atoms with Crippen LogP contribution < -0.4 is 20.7 Å². The molecule has 4 rings (SSSR count). The third-order valence-corrected chi connectivity index (χ3v) is 18.5. The topological polar surface area (TPSA) is 160 Å². The summed E-state index contributed by atoms with van der Waals surface area (Å²) in [6.07, 6.45) is -0.167. The number of aromatic nitrogens is 4. The number of carbonyl (C=O) groups excluding carboxylic acids is 2. The van der Waals surface area contributed by atoms with Crippen LogP contribution in [0.4, 0.5) is 21.1 Å². The van der Waals surface area contributed by atoms with Gasteiger partial charge in [-0.3, -0.25) is 9.88 Å². The monoisotopic (exact) mass is 701 g/mol. The SMILES string of the molecule is CNC(=O)OC[C@H]1O[C@@H](n2cnc3c(NC(=O)Nc4ccc(OC)cc4)ncnc32)[C@H](O[Si](C)(C)C(C)(C)C)[C@@H]1O[Si](C)(C)C(C)(C)C. The Bertz CT molecular complexity index is 1590. The summed E-state index contributed by atoms with van der Waals surface area (Å²) >= 11 is 0. The number of ether oxygens (including phenoxy) is 3. The number of anilines is 2. The smallest absolute Gasteiger partial charge is 0.406 e. The van der Waals surface area contributed by atoms with E-state index in [2.05, 4.69) is 98.6 Å². The average Bonchev–Trinajstić information content (AvgIpc) is 3.56. The highest BCUT2D eigenvalue weighted by atomic mass is 28.4. The summed E-state index contributed by atoms with van der Waals surface area (Å²) in [6, 6.07) is 6.46. The molecule has 1 aliphatic heterocycles. The van der Waals surface area contributed by atoms with Gasteiger partial charge in [-0.05, 0) is 60.5 Å². The van der Waals surface area contributed by atoms with Gasteiger partial charge in [0.2, 0.25) is 0 Å². The minimum atomic E-state index is -2.42. The summed E-state index contributed by atoms with van der Waals surface area (Å²) < 4.78 is 33.4. The highest BCUT2D eigenvalue weighted by Gasteiger charge is 2.55. The van der Waals surface area contributed by atoms with Crippen LogP contribution in [-0.2, 0) is 18.3 Å². The van der Waals surface area contributed by atoms with Crippen LogP contribution in [-0.4, -0.2) is 87.4 Å². The van der Waals surface area contributed by atoms with E-state index in [1.807, 2.05) is 0 Å².